The van der Waals surface area contributed by atoms with Crippen molar-refractivity contribution in [3.63, 3.8) is 0 Å². The maximum Gasteiger partial charge on any atom is 0.0472 e. The number of hydrogen-bond acceptors (Lipinski definition) is 2. The first-order chi connectivity index (χ1) is 6.73. The van der Waals surface area contributed by atoms with Crippen molar-refractivity contribution in [2.75, 3.05) is 0 Å². The minimum Gasteiger partial charge on any atom is -0.282 e. The van der Waals surface area contributed by atoms with Gasteiger partial charge in [0.2, 0.25) is 0 Å². The molecule has 0 aromatic rings. The Hall–Kier alpha value is -1.05. The summed E-state index contributed by atoms with van der Waals surface area (Å²) in [5.41, 5.74) is 5.93. The molecule has 0 amide bonds. The quantitative estimate of drug-likeness (QED) is 0.644. The molecule has 1 aliphatic rings. The van der Waals surface area contributed by atoms with Gasteiger partial charge in [0.15, 0.2) is 0 Å². The van der Waals surface area contributed by atoms with Gasteiger partial charge in [0.05, 0.1) is 0 Å². The van der Waals surface area contributed by atoms with Crippen molar-refractivity contribution in [1.82, 2.24) is 5.43 Å². The van der Waals surface area contributed by atoms with E-state index < -0.39 is 0 Å². The third-order valence-electron chi connectivity index (χ3n) is 2.43. The van der Waals surface area contributed by atoms with Gasteiger partial charge in [0, 0.05) is 17.3 Å². The molecule has 0 aromatic carbocycles. The second-order valence-electron chi connectivity index (χ2n) is 6.04. The van der Waals surface area contributed by atoms with Crippen LogP contribution in [0.15, 0.2) is 28.5 Å². The smallest absolute Gasteiger partial charge is 0.0472 e. The highest BCUT2D eigenvalue weighted by atomic mass is 15.3. The van der Waals surface area contributed by atoms with E-state index in [1.54, 1.807) is 6.21 Å². The zero-order chi connectivity index (χ0) is 11.7. The zero-order valence-corrected chi connectivity index (χ0v) is 10.7. The van der Waals surface area contributed by atoms with Crippen LogP contribution >= 0.6 is 0 Å². The standard InChI is InChI=1S/C13H22N2/c1-12(2,3)10-8-7-9-14-15-11(10)13(4,5)6/h7-9,15H,1-6H3. The molecule has 0 aromatic heterocycles. The van der Waals surface area contributed by atoms with E-state index in [2.05, 4.69) is 58.1 Å². The molecule has 0 aliphatic carbocycles. The molecule has 1 N–H and O–H groups in total. The van der Waals surface area contributed by atoms with Crippen molar-refractivity contribution in [3.05, 3.63) is 23.4 Å². The fourth-order valence-corrected chi connectivity index (χ4v) is 1.62. The van der Waals surface area contributed by atoms with Gasteiger partial charge in [-0.25, -0.2) is 0 Å². The number of rotatable bonds is 0. The summed E-state index contributed by atoms with van der Waals surface area (Å²) in [6, 6.07) is 0. The molecule has 0 atom stereocenters. The Morgan fingerprint density at radius 1 is 1.00 bits per heavy atom. The molecule has 0 fully saturated rings. The first kappa shape index (κ1) is 12.0. The highest BCUT2D eigenvalue weighted by Gasteiger charge is 2.27. The highest BCUT2D eigenvalue weighted by molar-refractivity contribution is 5.72. The van der Waals surface area contributed by atoms with Crippen molar-refractivity contribution < 1.29 is 0 Å². The van der Waals surface area contributed by atoms with Crippen LogP contribution in [0.5, 0.6) is 0 Å². The minimum absolute atomic E-state index is 0.0919. The van der Waals surface area contributed by atoms with Crippen molar-refractivity contribution in [3.8, 4) is 0 Å². The molecule has 2 nitrogen and oxygen atoms in total. The van der Waals surface area contributed by atoms with E-state index in [1.165, 1.54) is 11.3 Å². The van der Waals surface area contributed by atoms with E-state index >= 15 is 0 Å². The molecule has 0 radical (unpaired) electrons. The highest BCUT2D eigenvalue weighted by Crippen LogP contribution is 2.36. The second kappa shape index (κ2) is 3.84. The van der Waals surface area contributed by atoms with Crippen LogP contribution in [0.2, 0.25) is 0 Å². The largest absolute Gasteiger partial charge is 0.282 e. The SMILES string of the molecule is CC(C)(C)C1=C(C(C)(C)C)NN=CC=C1. The van der Waals surface area contributed by atoms with E-state index in [1.807, 2.05) is 6.08 Å². The lowest BCUT2D eigenvalue weighted by molar-refractivity contribution is 0.425. The van der Waals surface area contributed by atoms with Gasteiger partial charge in [0.1, 0.15) is 0 Å². The van der Waals surface area contributed by atoms with Crippen LogP contribution in [0.4, 0.5) is 0 Å². The van der Waals surface area contributed by atoms with Gasteiger partial charge >= 0.3 is 0 Å². The Balaban J connectivity index is 3.28. The van der Waals surface area contributed by atoms with Crippen LogP contribution in [0.1, 0.15) is 41.5 Å². The fraction of sp³-hybridized carbons (Fsp3) is 0.615. The normalized spacial score (nSPS) is 17.7. The van der Waals surface area contributed by atoms with Crippen LogP contribution in [0, 0.1) is 10.8 Å². The maximum absolute atomic E-state index is 4.16. The number of nitrogens with zero attached hydrogens (tertiary/aromatic N) is 1. The maximum atomic E-state index is 4.16. The van der Waals surface area contributed by atoms with Crippen molar-refractivity contribution in [2.24, 2.45) is 15.9 Å². The Morgan fingerprint density at radius 3 is 2.07 bits per heavy atom. The molecule has 0 spiro atoms. The predicted octanol–water partition coefficient (Wildman–Crippen LogP) is 3.48. The zero-order valence-electron chi connectivity index (χ0n) is 10.7. The van der Waals surface area contributed by atoms with E-state index in [-0.39, 0.29) is 10.8 Å². The Labute approximate surface area is 93.1 Å². The third kappa shape index (κ3) is 2.95. The molecular weight excluding hydrogens is 184 g/mol. The Morgan fingerprint density at radius 2 is 1.60 bits per heavy atom. The summed E-state index contributed by atoms with van der Waals surface area (Å²) in [6.45, 7) is 13.3. The molecule has 1 rings (SSSR count). The van der Waals surface area contributed by atoms with Crippen molar-refractivity contribution in [1.29, 1.82) is 0 Å². The van der Waals surface area contributed by atoms with Gasteiger partial charge in [-0.05, 0) is 17.1 Å². The van der Waals surface area contributed by atoms with Crippen LogP contribution in [0.25, 0.3) is 0 Å². The summed E-state index contributed by atoms with van der Waals surface area (Å²) >= 11 is 0. The molecule has 84 valence electrons. The van der Waals surface area contributed by atoms with Gasteiger partial charge in [-0.2, -0.15) is 5.10 Å². The van der Waals surface area contributed by atoms with E-state index in [4.69, 9.17) is 0 Å². The molecule has 15 heavy (non-hydrogen) atoms. The molecule has 0 saturated heterocycles. The third-order valence-corrected chi connectivity index (χ3v) is 2.43. The number of hydrogen-bond donors (Lipinski definition) is 1. The monoisotopic (exact) mass is 206 g/mol. The lowest BCUT2D eigenvalue weighted by Crippen LogP contribution is -2.26. The Kier molecular flexibility index (Phi) is 3.08. The predicted molar refractivity (Wildman–Crippen MR) is 66.7 cm³/mol. The van der Waals surface area contributed by atoms with Gasteiger partial charge in [-0.15, -0.1) is 0 Å². The summed E-state index contributed by atoms with van der Waals surface area (Å²) < 4.78 is 0. The van der Waals surface area contributed by atoms with Crippen LogP contribution in [0.3, 0.4) is 0 Å². The summed E-state index contributed by atoms with van der Waals surface area (Å²) in [4.78, 5) is 0. The Bertz CT molecular complexity index is 319. The average molecular weight is 206 g/mol. The van der Waals surface area contributed by atoms with Crippen LogP contribution < -0.4 is 5.43 Å². The van der Waals surface area contributed by atoms with Gasteiger partial charge in [-0.3, -0.25) is 5.43 Å². The van der Waals surface area contributed by atoms with Crippen LogP contribution in [-0.4, -0.2) is 6.21 Å². The molecule has 0 saturated carbocycles. The average Bonchev–Trinajstić information content (AvgIpc) is 2.24. The number of hydrazone groups is 1. The molecular formula is C13H22N2. The summed E-state index contributed by atoms with van der Waals surface area (Å²) in [6.07, 6.45) is 5.95. The number of allylic oxidation sites excluding steroid dienone is 4. The van der Waals surface area contributed by atoms with Crippen molar-refractivity contribution in [2.45, 2.75) is 41.5 Å². The lowest BCUT2D eigenvalue weighted by atomic mass is 9.78. The van der Waals surface area contributed by atoms with Gasteiger partial charge < -0.3 is 0 Å². The first-order valence-corrected chi connectivity index (χ1v) is 5.44. The van der Waals surface area contributed by atoms with E-state index in [9.17, 15) is 0 Å². The van der Waals surface area contributed by atoms with Crippen molar-refractivity contribution >= 4 is 6.21 Å². The summed E-state index contributed by atoms with van der Waals surface area (Å²) in [5.74, 6) is 0. The first-order valence-electron chi connectivity index (χ1n) is 5.44. The molecule has 1 heterocycles. The fourth-order valence-electron chi connectivity index (χ4n) is 1.62. The van der Waals surface area contributed by atoms with Gasteiger partial charge in [0.25, 0.3) is 0 Å². The minimum atomic E-state index is 0.0919. The molecule has 0 bridgehead atoms. The molecule has 0 unspecified atom stereocenters. The summed E-state index contributed by atoms with van der Waals surface area (Å²) in [5, 5.41) is 4.16. The summed E-state index contributed by atoms with van der Waals surface area (Å²) in [7, 11) is 0. The lowest BCUT2D eigenvalue weighted by Gasteiger charge is -2.30. The second-order valence-corrected chi connectivity index (χ2v) is 6.04. The molecule has 1 aliphatic heterocycles. The number of nitrogens with one attached hydrogen (secondary N) is 1. The topological polar surface area (TPSA) is 24.4 Å². The molecule has 2 heteroatoms. The van der Waals surface area contributed by atoms with Crippen LogP contribution in [-0.2, 0) is 0 Å². The van der Waals surface area contributed by atoms with E-state index in [0.717, 1.165) is 0 Å². The van der Waals surface area contributed by atoms with E-state index in [0.29, 0.717) is 0 Å². The van der Waals surface area contributed by atoms with Gasteiger partial charge in [-0.1, -0.05) is 47.6 Å².